The number of pyridine rings is 1. The quantitative estimate of drug-likeness (QED) is 0.757. The molecule has 0 atom stereocenters. The molecule has 146 valence electrons. The number of rotatable bonds is 7. The van der Waals surface area contributed by atoms with Crippen LogP contribution in [-0.2, 0) is 27.8 Å². The van der Waals surface area contributed by atoms with Gasteiger partial charge < -0.3 is 10.1 Å². The van der Waals surface area contributed by atoms with Crippen molar-refractivity contribution >= 4 is 27.3 Å². The minimum absolute atomic E-state index is 0.142. The van der Waals surface area contributed by atoms with Gasteiger partial charge in [-0.05, 0) is 31.0 Å². The third-order valence-corrected chi connectivity index (χ3v) is 7.85. The number of methoxy groups -OCH3 is 1. The van der Waals surface area contributed by atoms with E-state index in [0.717, 1.165) is 41.0 Å². The predicted octanol–water partition coefficient (Wildman–Crippen LogP) is 2.19. The van der Waals surface area contributed by atoms with Crippen molar-refractivity contribution in [2.24, 2.45) is 0 Å². The van der Waals surface area contributed by atoms with Crippen LogP contribution in [0.3, 0.4) is 0 Å². The van der Waals surface area contributed by atoms with Crippen LogP contribution in [0.15, 0.2) is 34.7 Å². The Kier molecular flexibility index (Phi) is 6.46. The van der Waals surface area contributed by atoms with Crippen LogP contribution in [-0.4, -0.2) is 43.8 Å². The number of carbonyl (C=O) groups is 1. The first kappa shape index (κ1) is 19.8. The molecule has 1 N–H and O–H groups in total. The number of nitrogens with one attached hydrogen (secondary N) is 1. The van der Waals surface area contributed by atoms with E-state index in [0.29, 0.717) is 29.7 Å². The maximum atomic E-state index is 12.7. The normalized spacial score (nSPS) is 15.4. The molecule has 2 aromatic rings. The van der Waals surface area contributed by atoms with Gasteiger partial charge in [0.05, 0.1) is 13.5 Å². The van der Waals surface area contributed by atoms with Crippen LogP contribution in [0, 0.1) is 0 Å². The van der Waals surface area contributed by atoms with Gasteiger partial charge in [-0.2, -0.15) is 4.31 Å². The summed E-state index contributed by atoms with van der Waals surface area (Å²) in [6, 6.07) is 6.93. The predicted molar refractivity (Wildman–Crippen MR) is 103 cm³/mol. The van der Waals surface area contributed by atoms with Gasteiger partial charge in [0.25, 0.3) is 10.0 Å². The zero-order valence-electron chi connectivity index (χ0n) is 15.2. The molecule has 1 saturated heterocycles. The first-order chi connectivity index (χ1) is 13.0. The first-order valence-corrected chi connectivity index (χ1v) is 11.1. The highest BCUT2D eigenvalue weighted by Crippen LogP contribution is 2.27. The summed E-state index contributed by atoms with van der Waals surface area (Å²) in [5.74, 6) is 0.300. The number of sulfonamides is 1. The SMILES string of the molecule is COc1ncccc1CNC(=O)Cc1ccc(S(=O)(=O)N2CCCCC2)s1. The molecule has 1 amide bonds. The topological polar surface area (TPSA) is 88.6 Å². The van der Waals surface area contributed by atoms with Gasteiger partial charge in [0, 0.05) is 36.3 Å². The summed E-state index contributed by atoms with van der Waals surface area (Å²) in [6.07, 6.45) is 4.64. The van der Waals surface area contributed by atoms with Crippen LogP contribution >= 0.6 is 11.3 Å². The molecule has 1 fully saturated rings. The summed E-state index contributed by atoms with van der Waals surface area (Å²) in [5, 5.41) is 2.82. The first-order valence-electron chi connectivity index (χ1n) is 8.84. The zero-order chi connectivity index (χ0) is 19.3. The van der Waals surface area contributed by atoms with E-state index in [9.17, 15) is 13.2 Å². The fraction of sp³-hybridized carbons (Fsp3) is 0.444. The summed E-state index contributed by atoms with van der Waals surface area (Å²) in [7, 11) is -1.91. The van der Waals surface area contributed by atoms with E-state index < -0.39 is 10.0 Å². The third-order valence-electron chi connectivity index (χ3n) is 4.40. The van der Waals surface area contributed by atoms with Crippen molar-refractivity contribution in [3.63, 3.8) is 0 Å². The van der Waals surface area contributed by atoms with Gasteiger partial charge in [-0.25, -0.2) is 13.4 Å². The Labute approximate surface area is 163 Å². The molecule has 0 radical (unpaired) electrons. The van der Waals surface area contributed by atoms with Crippen LogP contribution in [0.25, 0.3) is 0 Å². The Morgan fingerprint density at radius 3 is 2.78 bits per heavy atom. The molecule has 1 aliphatic rings. The van der Waals surface area contributed by atoms with Crippen molar-refractivity contribution in [2.45, 2.75) is 36.4 Å². The molecule has 0 spiro atoms. The molecule has 0 bridgehead atoms. The van der Waals surface area contributed by atoms with E-state index in [1.54, 1.807) is 28.7 Å². The second-order valence-electron chi connectivity index (χ2n) is 6.31. The van der Waals surface area contributed by atoms with Gasteiger partial charge in [0.1, 0.15) is 4.21 Å². The number of ether oxygens (including phenoxy) is 1. The van der Waals surface area contributed by atoms with Crippen LogP contribution in [0.2, 0.25) is 0 Å². The highest BCUT2D eigenvalue weighted by molar-refractivity contribution is 7.91. The standard InChI is InChI=1S/C18H23N3O4S2/c1-25-18-14(6-5-9-19-18)13-20-16(22)12-15-7-8-17(26-15)27(23,24)21-10-3-2-4-11-21/h5-9H,2-4,10-13H2,1H3,(H,20,22). The highest BCUT2D eigenvalue weighted by atomic mass is 32.2. The zero-order valence-corrected chi connectivity index (χ0v) is 16.8. The van der Waals surface area contributed by atoms with E-state index in [2.05, 4.69) is 10.3 Å². The van der Waals surface area contributed by atoms with Crippen molar-refractivity contribution in [1.29, 1.82) is 0 Å². The molecule has 0 aromatic carbocycles. The fourth-order valence-corrected chi connectivity index (χ4v) is 6.01. The van der Waals surface area contributed by atoms with Crippen molar-refractivity contribution in [3.05, 3.63) is 40.9 Å². The molecular formula is C18H23N3O4S2. The van der Waals surface area contributed by atoms with Gasteiger partial charge >= 0.3 is 0 Å². The Bertz CT molecular complexity index is 890. The van der Waals surface area contributed by atoms with E-state index in [4.69, 9.17) is 4.74 Å². The van der Waals surface area contributed by atoms with Crippen LogP contribution in [0.1, 0.15) is 29.7 Å². The molecule has 0 aliphatic carbocycles. The lowest BCUT2D eigenvalue weighted by Gasteiger charge is -2.25. The largest absolute Gasteiger partial charge is 0.481 e. The second-order valence-corrected chi connectivity index (χ2v) is 9.64. The molecule has 0 saturated carbocycles. The number of nitrogens with zero attached hydrogens (tertiary/aromatic N) is 2. The van der Waals surface area contributed by atoms with E-state index in [1.807, 2.05) is 6.07 Å². The number of thiophene rings is 1. The molecule has 9 heteroatoms. The van der Waals surface area contributed by atoms with E-state index >= 15 is 0 Å². The minimum Gasteiger partial charge on any atom is -0.481 e. The Morgan fingerprint density at radius 2 is 2.04 bits per heavy atom. The molecule has 2 aromatic heterocycles. The maximum absolute atomic E-state index is 12.7. The Balaban J connectivity index is 1.59. The minimum atomic E-state index is -3.45. The van der Waals surface area contributed by atoms with Crippen molar-refractivity contribution in [3.8, 4) is 5.88 Å². The molecule has 3 rings (SSSR count). The fourth-order valence-electron chi connectivity index (χ4n) is 2.98. The lowest BCUT2D eigenvalue weighted by Crippen LogP contribution is -2.35. The molecule has 3 heterocycles. The second kappa shape index (κ2) is 8.81. The summed E-state index contributed by atoms with van der Waals surface area (Å²) in [5.41, 5.74) is 0.785. The summed E-state index contributed by atoms with van der Waals surface area (Å²) < 4.78 is 32.4. The molecular weight excluding hydrogens is 386 g/mol. The average Bonchev–Trinajstić information content (AvgIpc) is 3.16. The molecule has 27 heavy (non-hydrogen) atoms. The van der Waals surface area contributed by atoms with Crippen LogP contribution < -0.4 is 10.1 Å². The van der Waals surface area contributed by atoms with Crippen molar-refractivity contribution < 1.29 is 17.9 Å². The number of hydrogen-bond donors (Lipinski definition) is 1. The number of hydrogen-bond acceptors (Lipinski definition) is 6. The van der Waals surface area contributed by atoms with Crippen molar-refractivity contribution in [2.75, 3.05) is 20.2 Å². The number of piperidine rings is 1. The van der Waals surface area contributed by atoms with Gasteiger partial charge in [-0.1, -0.05) is 12.5 Å². The van der Waals surface area contributed by atoms with Gasteiger partial charge in [0.2, 0.25) is 11.8 Å². The van der Waals surface area contributed by atoms with Gasteiger partial charge in [-0.3, -0.25) is 4.79 Å². The lowest BCUT2D eigenvalue weighted by atomic mass is 10.2. The summed E-state index contributed by atoms with van der Waals surface area (Å²) >= 11 is 1.16. The number of aromatic nitrogens is 1. The summed E-state index contributed by atoms with van der Waals surface area (Å²) in [4.78, 5) is 17.0. The summed E-state index contributed by atoms with van der Waals surface area (Å²) in [6.45, 7) is 1.45. The average molecular weight is 410 g/mol. The van der Waals surface area contributed by atoms with Gasteiger partial charge in [-0.15, -0.1) is 11.3 Å². The smallest absolute Gasteiger partial charge is 0.252 e. The van der Waals surface area contributed by atoms with Gasteiger partial charge in [0.15, 0.2) is 0 Å². The lowest BCUT2D eigenvalue weighted by molar-refractivity contribution is -0.120. The van der Waals surface area contributed by atoms with Crippen molar-refractivity contribution in [1.82, 2.24) is 14.6 Å². The number of carbonyl (C=O) groups excluding carboxylic acids is 1. The highest BCUT2D eigenvalue weighted by Gasteiger charge is 2.27. The monoisotopic (exact) mass is 409 g/mol. The van der Waals surface area contributed by atoms with E-state index in [1.165, 1.54) is 7.11 Å². The van der Waals surface area contributed by atoms with E-state index in [-0.39, 0.29) is 12.3 Å². The molecule has 0 unspecified atom stereocenters. The third kappa shape index (κ3) is 4.85. The maximum Gasteiger partial charge on any atom is 0.252 e. The van der Waals surface area contributed by atoms with Crippen LogP contribution in [0.5, 0.6) is 5.88 Å². The number of amides is 1. The Hall–Kier alpha value is -1.97. The Morgan fingerprint density at radius 1 is 1.26 bits per heavy atom. The molecule has 1 aliphatic heterocycles. The van der Waals surface area contributed by atoms with Crippen LogP contribution in [0.4, 0.5) is 0 Å². The molecule has 7 nitrogen and oxygen atoms in total.